The highest BCUT2D eigenvalue weighted by Crippen LogP contribution is 2.12. The van der Waals surface area contributed by atoms with Crippen LogP contribution >= 0.6 is 0 Å². The third kappa shape index (κ3) is 5.49. The summed E-state index contributed by atoms with van der Waals surface area (Å²) in [5.74, 6) is 0. The van der Waals surface area contributed by atoms with Crippen LogP contribution in [0.15, 0.2) is 60.7 Å². The van der Waals surface area contributed by atoms with Gasteiger partial charge in [0, 0.05) is 19.6 Å². The van der Waals surface area contributed by atoms with Gasteiger partial charge >= 0.3 is 0 Å². The van der Waals surface area contributed by atoms with Crippen LogP contribution in [0.25, 0.3) is 0 Å². The first-order chi connectivity index (χ1) is 11.4. The molecule has 0 radical (unpaired) electrons. The van der Waals surface area contributed by atoms with Gasteiger partial charge in [-0.25, -0.2) is 0 Å². The summed E-state index contributed by atoms with van der Waals surface area (Å²) in [5.41, 5.74) is 2.81. The molecule has 0 aromatic heterocycles. The molecule has 0 saturated carbocycles. The predicted molar refractivity (Wildman–Crippen MR) is 97.3 cm³/mol. The second kappa shape index (κ2) is 8.85. The third-order valence-electron chi connectivity index (χ3n) is 4.65. The van der Waals surface area contributed by atoms with E-state index < -0.39 is 0 Å². The minimum atomic E-state index is 1.04. The summed E-state index contributed by atoms with van der Waals surface area (Å²) >= 11 is 0. The molecule has 0 amide bonds. The van der Waals surface area contributed by atoms with Crippen molar-refractivity contribution in [2.24, 2.45) is 0 Å². The number of likely N-dealkylation sites (tertiary alicyclic amines) is 1. The lowest BCUT2D eigenvalue weighted by Crippen LogP contribution is -2.28. The van der Waals surface area contributed by atoms with Gasteiger partial charge in [0.25, 0.3) is 0 Å². The summed E-state index contributed by atoms with van der Waals surface area (Å²) in [6, 6.07) is 21.7. The standard InChI is InChI=1S/C21H28N2/c1-3-10-20(11-4-1)18-23(19-21-12-5-2-6-13-21)17-9-16-22-14-7-8-15-22/h1-6,10-13H,7-9,14-19H2. The molecule has 1 aliphatic rings. The molecular formula is C21H28N2. The summed E-state index contributed by atoms with van der Waals surface area (Å²) in [5, 5.41) is 0. The molecule has 0 spiro atoms. The van der Waals surface area contributed by atoms with E-state index in [2.05, 4.69) is 70.5 Å². The average molecular weight is 308 g/mol. The second-order valence-corrected chi connectivity index (χ2v) is 6.58. The van der Waals surface area contributed by atoms with Gasteiger partial charge in [0.1, 0.15) is 0 Å². The number of hydrogen-bond acceptors (Lipinski definition) is 2. The predicted octanol–water partition coefficient (Wildman–Crippen LogP) is 4.17. The van der Waals surface area contributed by atoms with Crippen LogP contribution in [0.3, 0.4) is 0 Å². The summed E-state index contributed by atoms with van der Waals surface area (Å²) in [4.78, 5) is 5.20. The zero-order valence-corrected chi connectivity index (χ0v) is 14.0. The minimum absolute atomic E-state index is 1.04. The Bertz CT molecular complexity index is 505. The molecule has 2 aromatic rings. The lowest BCUT2D eigenvalue weighted by Gasteiger charge is -2.24. The Balaban J connectivity index is 1.55. The molecular weight excluding hydrogens is 280 g/mol. The molecule has 1 fully saturated rings. The zero-order valence-electron chi connectivity index (χ0n) is 14.0. The van der Waals surface area contributed by atoms with Crippen LogP contribution in [0.4, 0.5) is 0 Å². The van der Waals surface area contributed by atoms with Gasteiger partial charge in [-0.05, 0) is 50.0 Å². The largest absolute Gasteiger partial charge is 0.303 e. The molecule has 0 bridgehead atoms. The molecule has 2 nitrogen and oxygen atoms in total. The van der Waals surface area contributed by atoms with Gasteiger partial charge in [-0.2, -0.15) is 0 Å². The van der Waals surface area contributed by atoms with Crippen molar-refractivity contribution in [3.63, 3.8) is 0 Å². The summed E-state index contributed by atoms with van der Waals surface area (Å²) < 4.78 is 0. The molecule has 23 heavy (non-hydrogen) atoms. The Labute approximate surface area is 140 Å². The van der Waals surface area contributed by atoms with Gasteiger partial charge in [0.05, 0.1) is 0 Å². The fraction of sp³-hybridized carbons (Fsp3) is 0.429. The fourth-order valence-corrected chi connectivity index (χ4v) is 3.42. The van der Waals surface area contributed by atoms with E-state index >= 15 is 0 Å². The Morgan fingerprint density at radius 3 is 1.78 bits per heavy atom. The van der Waals surface area contributed by atoms with Crippen LogP contribution in [-0.4, -0.2) is 36.0 Å². The maximum absolute atomic E-state index is 2.61. The molecule has 1 saturated heterocycles. The van der Waals surface area contributed by atoms with Crippen molar-refractivity contribution >= 4 is 0 Å². The molecule has 0 N–H and O–H groups in total. The monoisotopic (exact) mass is 308 g/mol. The number of benzene rings is 2. The molecule has 2 heteroatoms. The number of nitrogens with zero attached hydrogens (tertiary/aromatic N) is 2. The van der Waals surface area contributed by atoms with Crippen molar-refractivity contribution in [2.45, 2.75) is 32.4 Å². The SMILES string of the molecule is c1ccc(CN(CCCN2CCCC2)Cc2ccccc2)cc1. The molecule has 0 aliphatic carbocycles. The van der Waals surface area contributed by atoms with Crippen LogP contribution in [0.2, 0.25) is 0 Å². The molecule has 122 valence electrons. The van der Waals surface area contributed by atoms with Crippen molar-refractivity contribution in [1.82, 2.24) is 9.80 Å². The topological polar surface area (TPSA) is 6.48 Å². The molecule has 1 heterocycles. The highest BCUT2D eigenvalue weighted by atomic mass is 15.2. The highest BCUT2D eigenvalue weighted by molar-refractivity contribution is 5.17. The van der Waals surface area contributed by atoms with E-state index in [4.69, 9.17) is 0 Å². The molecule has 2 aromatic carbocycles. The summed E-state index contributed by atoms with van der Waals surface area (Å²) in [7, 11) is 0. The van der Waals surface area contributed by atoms with E-state index in [-0.39, 0.29) is 0 Å². The maximum atomic E-state index is 2.61. The van der Waals surface area contributed by atoms with Crippen molar-refractivity contribution in [3.8, 4) is 0 Å². The van der Waals surface area contributed by atoms with E-state index in [9.17, 15) is 0 Å². The van der Waals surface area contributed by atoms with Crippen molar-refractivity contribution in [2.75, 3.05) is 26.2 Å². The second-order valence-electron chi connectivity index (χ2n) is 6.58. The molecule has 0 atom stereocenters. The van der Waals surface area contributed by atoms with Crippen LogP contribution < -0.4 is 0 Å². The number of hydrogen-bond donors (Lipinski definition) is 0. The Morgan fingerprint density at radius 1 is 0.739 bits per heavy atom. The van der Waals surface area contributed by atoms with Gasteiger partial charge < -0.3 is 4.90 Å². The molecule has 1 aliphatic heterocycles. The normalized spacial score (nSPS) is 15.3. The van der Waals surface area contributed by atoms with Gasteiger partial charge in [-0.1, -0.05) is 60.7 Å². The summed E-state index contributed by atoms with van der Waals surface area (Å²) in [6.07, 6.45) is 4.04. The Morgan fingerprint density at radius 2 is 1.26 bits per heavy atom. The van der Waals surface area contributed by atoms with Crippen molar-refractivity contribution < 1.29 is 0 Å². The van der Waals surface area contributed by atoms with Crippen LogP contribution in [0, 0.1) is 0 Å². The highest BCUT2D eigenvalue weighted by Gasteiger charge is 2.12. The van der Waals surface area contributed by atoms with Gasteiger partial charge in [-0.15, -0.1) is 0 Å². The third-order valence-corrected chi connectivity index (χ3v) is 4.65. The lowest BCUT2D eigenvalue weighted by atomic mass is 10.1. The first-order valence-electron chi connectivity index (χ1n) is 8.93. The first-order valence-corrected chi connectivity index (χ1v) is 8.93. The van der Waals surface area contributed by atoms with Crippen LogP contribution in [0.5, 0.6) is 0 Å². The Hall–Kier alpha value is -1.64. The average Bonchev–Trinajstić information content (AvgIpc) is 3.10. The van der Waals surface area contributed by atoms with E-state index in [0.29, 0.717) is 0 Å². The summed E-state index contributed by atoms with van der Waals surface area (Å²) in [6.45, 7) is 7.10. The van der Waals surface area contributed by atoms with E-state index in [1.165, 1.54) is 56.6 Å². The first kappa shape index (κ1) is 16.2. The zero-order chi connectivity index (χ0) is 15.7. The quantitative estimate of drug-likeness (QED) is 0.722. The number of rotatable bonds is 8. The van der Waals surface area contributed by atoms with Gasteiger partial charge in [0.15, 0.2) is 0 Å². The Kier molecular flexibility index (Phi) is 6.25. The van der Waals surface area contributed by atoms with Crippen molar-refractivity contribution in [1.29, 1.82) is 0 Å². The van der Waals surface area contributed by atoms with E-state index in [1.807, 2.05) is 0 Å². The lowest BCUT2D eigenvalue weighted by molar-refractivity contribution is 0.231. The fourth-order valence-electron chi connectivity index (χ4n) is 3.42. The van der Waals surface area contributed by atoms with E-state index in [1.54, 1.807) is 0 Å². The smallest absolute Gasteiger partial charge is 0.0237 e. The minimum Gasteiger partial charge on any atom is -0.303 e. The molecule has 3 rings (SSSR count). The van der Waals surface area contributed by atoms with Crippen LogP contribution in [0.1, 0.15) is 30.4 Å². The van der Waals surface area contributed by atoms with Crippen LogP contribution in [-0.2, 0) is 13.1 Å². The van der Waals surface area contributed by atoms with Gasteiger partial charge in [0.2, 0.25) is 0 Å². The maximum Gasteiger partial charge on any atom is 0.0237 e. The van der Waals surface area contributed by atoms with Gasteiger partial charge in [-0.3, -0.25) is 4.90 Å². The van der Waals surface area contributed by atoms with Crippen molar-refractivity contribution in [3.05, 3.63) is 71.8 Å². The van der Waals surface area contributed by atoms with E-state index in [0.717, 1.165) is 13.1 Å². The molecule has 0 unspecified atom stereocenters.